The average Bonchev–Trinajstić information content (AvgIpc) is 3.26. The highest BCUT2D eigenvalue weighted by atomic mass is 35.5. The van der Waals surface area contributed by atoms with E-state index in [1.54, 1.807) is 42.5 Å². The maximum absolute atomic E-state index is 12.7. The van der Waals surface area contributed by atoms with E-state index in [0.717, 1.165) is 11.1 Å². The van der Waals surface area contributed by atoms with Crippen LogP contribution in [0.3, 0.4) is 0 Å². The van der Waals surface area contributed by atoms with Crippen LogP contribution >= 0.6 is 11.6 Å². The fourth-order valence-corrected chi connectivity index (χ4v) is 3.18. The first-order valence-corrected chi connectivity index (χ1v) is 10.2. The molecule has 0 fully saturated rings. The Bertz CT molecular complexity index is 1280. The van der Waals surface area contributed by atoms with Crippen LogP contribution in [-0.2, 0) is 4.79 Å². The first kappa shape index (κ1) is 21.3. The van der Waals surface area contributed by atoms with Gasteiger partial charge in [-0.3, -0.25) is 9.59 Å². The van der Waals surface area contributed by atoms with Gasteiger partial charge in [0.25, 0.3) is 5.91 Å². The summed E-state index contributed by atoms with van der Waals surface area (Å²) in [4.78, 5) is 23.9. The second-order valence-electron chi connectivity index (χ2n) is 7.19. The van der Waals surface area contributed by atoms with E-state index in [1.165, 1.54) is 6.92 Å². The van der Waals surface area contributed by atoms with Gasteiger partial charge >= 0.3 is 0 Å². The molecule has 2 N–H and O–H groups in total. The molecule has 4 rings (SSSR count). The lowest BCUT2D eigenvalue weighted by Crippen LogP contribution is -2.13. The van der Waals surface area contributed by atoms with Crippen LogP contribution in [0.1, 0.15) is 22.8 Å². The van der Waals surface area contributed by atoms with Gasteiger partial charge in [0, 0.05) is 29.3 Å². The number of halogens is 1. The van der Waals surface area contributed by atoms with E-state index < -0.39 is 0 Å². The largest absolute Gasteiger partial charge is 0.416 e. The number of amides is 2. The standard InChI is InChI=1S/C24H19ClN4O3/c1-14-3-5-17(6-4-14)23-28-29-24(32-23)18-9-7-16(8-10-18)22(31)27-21-13-19(26-15(2)30)11-12-20(21)25/h3-13H,1-2H3,(H,26,30)(H,27,31). The fourth-order valence-electron chi connectivity index (χ4n) is 3.01. The van der Waals surface area contributed by atoms with Crippen LogP contribution in [-0.4, -0.2) is 22.0 Å². The summed E-state index contributed by atoms with van der Waals surface area (Å²) in [5, 5.41) is 14.0. The topological polar surface area (TPSA) is 97.1 Å². The molecule has 7 nitrogen and oxygen atoms in total. The smallest absolute Gasteiger partial charge is 0.255 e. The van der Waals surface area contributed by atoms with Crippen LogP contribution in [0.2, 0.25) is 5.02 Å². The predicted octanol–water partition coefficient (Wildman–Crippen LogP) is 5.58. The highest BCUT2D eigenvalue weighted by Gasteiger charge is 2.13. The summed E-state index contributed by atoms with van der Waals surface area (Å²) >= 11 is 6.18. The number of aryl methyl sites for hydroxylation is 1. The zero-order chi connectivity index (χ0) is 22.7. The molecule has 0 aliphatic carbocycles. The van der Waals surface area contributed by atoms with Gasteiger partial charge in [-0.05, 0) is 61.5 Å². The number of nitrogens with one attached hydrogen (secondary N) is 2. The normalized spacial score (nSPS) is 10.6. The third-order valence-electron chi connectivity index (χ3n) is 4.65. The minimum Gasteiger partial charge on any atom is -0.416 e. The Morgan fingerprint density at radius 1 is 0.844 bits per heavy atom. The van der Waals surface area contributed by atoms with Crippen molar-refractivity contribution in [3.8, 4) is 22.9 Å². The van der Waals surface area contributed by atoms with Gasteiger partial charge in [-0.15, -0.1) is 10.2 Å². The van der Waals surface area contributed by atoms with Crippen molar-refractivity contribution in [3.63, 3.8) is 0 Å². The summed E-state index contributed by atoms with van der Waals surface area (Å²) in [5.74, 6) is 0.227. The monoisotopic (exact) mass is 446 g/mol. The summed E-state index contributed by atoms with van der Waals surface area (Å²) in [6, 6.07) is 19.4. The number of nitrogens with zero attached hydrogens (tertiary/aromatic N) is 2. The zero-order valence-electron chi connectivity index (χ0n) is 17.3. The van der Waals surface area contributed by atoms with Crippen molar-refractivity contribution in [3.05, 3.63) is 82.9 Å². The van der Waals surface area contributed by atoms with E-state index in [0.29, 0.717) is 39.3 Å². The number of carbonyl (C=O) groups is 2. The van der Waals surface area contributed by atoms with Gasteiger partial charge in [-0.25, -0.2) is 0 Å². The average molecular weight is 447 g/mol. The second kappa shape index (κ2) is 9.03. The molecule has 4 aromatic rings. The van der Waals surface area contributed by atoms with Crippen LogP contribution < -0.4 is 10.6 Å². The highest BCUT2D eigenvalue weighted by Crippen LogP contribution is 2.27. The Labute approximate surface area is 189 Å². The first-order chi connectivity index (χ1) is 15.4. The SMILES string of the molecule is CC(=O)Nc1ccc(Cl)c(NC(=O)c2ccc(-c3nnc(-c4ccc(C)cc4)o3)cc2)c1. The summed E-state index contributed by atoms with van der Waals surface area (Å²) in [5.41, 5.74) is 4.03. The maximum atomic E-state index is 12.7. The van der Waals surface area contributed by atoms with Crippen LogP contribution in [0.15, 0.2) is 71.1 Å². The summed E-state index contributed by atoms with van der Waals surface area (Å²) in [6.45, 7) is 3.41. The van der Waals surface area contributed by atoms with Crippen LogP contribution in [0, 0.1) is 6.92 Å². The molecule has 8 heteroatoms. The molecule has 0 radical (unpaired) electrons. The van der Waals surface area contributed by atoms with Gasteiger partial charge in [0.2, 0.25) is 17.7 Å². The number of hydrogen-bond acceptors (Lipinski definition) is 5. The molecule has 1 aromatic heterocycles. The van der Waals surface area contributed by atoms with Crippen molar-refractivity contribution >= 4 is 34.8 Å². The summed E-state index contributed by atoms with van der Waals surface area (Å²) in [7, 11) is 0. The zero-order valence-corrected chi connectivity index (χ0v) is 18.1. The molecule has 3 aromatic carbocycles. The number of carbonyl (C=O) groups excluding carboxylic acids is 2. The van der Waals surface area contributed by atoms with E-state index >= 15 is 0 Å². The third-order valence-corrected chi connectivity index (χ3v) is 4.98. The molecule has 160 valence electrons. The van der Waals surface area contributed by atoms with Gasteiger partial charge in [0.1, 0.15) is 0 Å². The van der Waals surface area contributed by atoms with Gasteiger partial charge < -0.3 is 15.1 Å². The molecular formula is C24H19ClN4O3. The third kappa shape index (κ3) is 4.84. The molecule has 0 unspecified atom stereocenters. The van der Waals surface area contributed by atoms with Crippen molar-refractivity contribution < 1.29 is 14.0 Å². The lowest BCUT2D eigenvalue weighted by Gasteiger charge is -2.10. The lowest BCUT2D eigenvalue weighted by atomic mass is 10.1. The van der Waals surface area contributed by atoms with E-state index in [4.69, 9.17) is 16.0 Å². The minimum atomic E-state index is -0.343. The minimum absolute atomic E-state index is 0.216. The van der Waals surface area contributed by atoms with E-state index in [9.17, 15) is 9.59 Å². The Morgan fingerprint density at radius 2 is 1.44 bits per heavy atom. The van der Waals surface area contributed by atoms with Crippen molar-refractivity contribution in [2.75, 3.05) is 10.6 Å². The molecule has 32 heavy (non-hydrogen) atoms. The van der Waals surface area contributed by atoms with E-state index in [-0.39, 0.29) is 11.8 Å². The van der Waals surface area contributed by atoms with E-state index in [1.807, 2.05) is 31.2 Å². The molecule has 1 heterocycles. The second-order valence-corrected chi connectivity index (χ2v) is 7.59. The van der Waals surface area contributed by atoms with Gasteiger partial charge in [0.05, 0.1) is 10.7 Å². The lowest BCUT2D eigenvalue weighted by molar-refractivity contribution is -0.114. The number of aromatic nitrogens is 2. The Morgan fingerprint density at radius 3 is 2.03 bits per heavy atom. The first-order valence-electron chi connectivity index (χ1n) is 9.78. The van der Waals surface area contributed by atoms with Crippen LogP contribution in [0.25, 0.3) is 22.9 Å². The summed E-state index contributed by atoms with van der Waals surface area (Å²) in [6.07, 6.45) is 0. The number of rotatable bonds is 5. The van der Waals surface area contributed by atoms with Crippen LogP contribution in [0.5, 0.6) is 0 Å². The number of hydrogen-bond donors (Lipinski definition) is 2. The molecule has 0 aliphatic rings. The van der Waals surface area contributed by atoms with Crippen LogP contribution in [0.4, 0.5) is 11.4 Å². The van der Waals surface area contributed by atoms with Gasteiger partial charge in [-0.1, -0.05) is 29.3 Å². The molecule has 0 spiro atoms. The van der Waals surface area contributed by atoms with Gasteiger partial charge in [-0.2, -0.15) is 0 Å². The van der Waals surface area contributed by atoms with Crippen molar-refractivity contribution in [1.82, 2.24) is 10.2 Å². The molecule has 0 saturated heterocycles. The van der Waals surface area contributed by atoms with Crippen molar-refractivity contribution in [1.29, 1.82) is 0 Å². The predicted molar refractivity (Wildman–Crippen MR) is 124 cm³/mol. The Hall–Kier alpha value is -3.97. The Kier molecular flexibility index (Phi) is 6.00. The summed E-state index contributed by atoms with van der Waals surface area (Å²) < 4.78 is 5.78. The molecule has 2 amide bonds. The molecule has 0 bridgehead atoms. The van der Waals surface area contributed by atoms with Crippen molar-refractivity contribution in [2.24, 2.45) is 0 Å². The highest BCUT2D eigenvalue weighted by molar-refractivity contribution is 6.34. The van der Waals surface area contributed by atoms with Gasteiger partial charge in [0.15, 0.2) is 0 Å². The fraction of sp³-hybridized carbons (Fsp3) is 0.0833. The van der Waals surface area contributed by atoms with Crippen molar-refractivity contribution in [2.45, 2.75) is 13.8 Å². The Balaban J connectivity index is 1.49. The molecule has 0 aliphatic heterocycles. The van der Waals surface area contributed by atoms with E-state index in [2.05, 4.69) is 20.8 Å². The molecular weight excluding hydrogens is 428 g/mol. The number of anilines is 2. The quantitative estimate of drug-likeness (QED) is 0.417. The maximum Gasteiger partial charge on any atom is 0.255 e. The molecule has 0 saturated carbocycles. The number of benzene rings is 3. The molecule has 0 atom stereocenters.